The molecule has 0 N–H and O–H groups in total. The maximum Gasteiger partial charge on any atom is 0.280 e. The minimum atomic E-state index is -2.66. The fraction of sp³-hybridized carbons (Fsp3) is 0.167. The van der Waals surface area contributed by atoms with E-state index in [0.29, 0.717) is 29.9 Å². The Labute approximate surface area is 146 Å². The first-order valence-corrected chi connectivity index (χ1v) is 7.79. The van der Waals surface area contributed by atoms with Crippen molar-refractivity contribution in [2.75, 3.05) is 6.61 Å². The van der Waals surface area contributed by atoms with Gasteiger partial charge in [-0.1, -0.05) is 0 Å². The average molecular weight is 359 g/mol. The Morgan fingerprint density at radius 1 is 1.08 bits per heavy atom. The Balaban J connectivity index is 1.72. The molecule has 0 radical (unpaired) electrons. The number of rotatable bonds is 4. The van der Waals surface area contributed by atoms with Crippen LogP contribution in [0.1, 0.15) is 17.7 Å². The molecule has 8 heteroatoms. The molecule has 0 aliphatic carbocycles. The molecule has 0 saturated heterocycles. The fourth-order valence-corrected chi connectivity index (χ4v) is 2.75. The molecule has 0 saturated carbocycles. The fourth-order valence-electron chi connectivity index (χ4n) is 2.75. The first-order valence-electron chi connectivity index (χ1n) is 7.79. The summed E-state index contributed by atoms with van der Waals surface area (Å²) in [5.74, 6) is 0.539. The number of aromatic nitrogens is 3. The molecule has 0 bridgehead atoms. The van der Waals surface area contributed by atoms with Crippen molar-refractivity contribution in [3.05, 3.63) is 60.1 Å². The number of alkyl halides is 2. The number of fused-ring (bicyclic) bond motifs is 1. The van der Waals surface area contributed by atoms with E-state index in [2.05, 4.69) is 15.0 Å². The lowest BCUT2D eigenvalue weighted by Crippen LogP contribution is -1.97. The first kappa shape index (κ1) is 16.3. The number of nitrogens with zero attached hydrogens (tertiary/aromatic N) is 3. The molecule has 0 spiro atoms. The molecular weight excluding hydrogens is 347 g/mol. The van der Waals surface area contributed by atoms with Crippen LogP contribution in [0.2, 0.25) is 0 Å². The van der Waals surface area contributed by atoms with Gasteiger partial charge in [0.1, 0.15) is 29.3 Å². The van der Waals surface area contributed by atoms with Gasteiger partial charge in [-0.15, -0.1) is 0 Å². The van der Waals surface area contributed by atoms with E-state index in [1.807, 2.05) is 0 Å². The van der Waals surface area contributed by atoms with Crippen molar-refractivity contribution in [2.45, 2.75) is 12.8 Å². The maximum atomic E-state index is 14.0. The lowest BCUT2D eigenvalue weighted by molar-refractivity contribution is 0.146. The highest BCUT2D eigenvalue weighted by Crippen LogP contribution is 2.41. The van der Waals surface area contributed by atoms with Crippen LogP contribution in [0.3, 0.4) is 0 Å². The highest BCUT2D eigenvalue weighted by molar-refractivity contribution is 5.76. The molecule has 3 aromatic rings. The Hall–Kier alpha value is -3.16. The van der Waals surface area contributed by atoms with Gasteiger partial charge in [-0.25, -0.2) is 23.1 Å². The third-order valence-corrected chi connectivity index (χ3v) is 3.91. The SMILES string of the molecule is Fc1cc2c(c(-c3cncnc3Oc3ccc(C(F)F)nc3)c1)OCC2. The van der Waals surface area contributed by atoms with Crippen molar-refractivity contribution in [3.8, 4) is 28.5 Å². The van der Waals surface area contributed by atoms with Crippen molar-refractivity contribution in [1.82, 2.24) is 15.0 Å². The van der Waals surface area contributed by atoms with E-state index in [1.165, 1.54) is 43.0 Å². The molecule has 1 aromatic carbocycles. The van der Waals surface area contributed by atoms with Gasteiger partial charge in [0.25, 0.3) is 6.43 Å². The summed E-state index contributed by atoms with van der Waals surface area (Å²) in [6, 6.07) is 5.30. The van der Waals surface area contributed by atoms with Gasteiger partial charge >= 0.3 is 0 Å². The number of pyridine rings is 1. The van der Waals surface area contributed by atoms with E-state index in [-0.39, 0.29) is 17.3 Å². The molecule has 2 aromatic heterocycles. The van der Waals surface area contributed by atoms with Gasteiger partial charge in [0.2, 0.25) is 5.88 Å². The third kappa shape index (κ3) is 3.05. The summed E-state index contributed by atoms with van der Waals surface area (Å²) in [7, 11) is 0. The Morgan fingerprint density at radius 2 is 1.96 bits per heavy atom. The summed E-state index contributed by atoms with van der Waals surface area (Å²) in [6.07, 6.45) is 1.90. The third-order valence-electron chi connectivity index (χ3n) is 3.91. The lowest BCUT2D eigenvalue weighted by atomic mass is 10.0. The van der Waals surface area contributed by atoms with Crippen LogP contribution in [-0.2, 0) is 6.42 Å². The predicted octanol–water partition coefficient (Wildman–Crippen LogP) is 4.34. The molecule has 5 nitrogen and oxygen atoms in total. The molecule has 0 atom stereocenters. The quantitative estimate of drug-likeness (QED) is 0.693. The zero-order valence-electron chi connectivity index (χ0n) is 13.3. The molecule has 4 rings (SSSR count). The number of ether oxygens (including phenoxy) is 2. The van der Waals surface area contributed by atoms with Gasteiger partial charge in [0.15, 0.2) is 0 Å². The summed E-state index contributed by atoms with van der Waals surface area (Å²) < 4.78 is 50.4. The van der Waals surface area contributed by atoms with E-state index < -0.39 is 12.2 Å². The minimum Gasteiger partial charge on any atom is -0.492 e. The van der Waals surface area contributed by atoms with Gasteiger partial charge in [-0.05, 0) is 24.3 Å². The van der Waals surface area contributed by atoms with E-state index in [4.69, 9.17) is 9.47 Å². The number of benzene rings is 1. The van der Waals surface area contributed by atoms with Crippen LogP contribution in [-0.4, -0.2) is 21.6 Å². The van der Waals surface area contributed by atoms with Crippen LogP contribution in [0.4, 0.5) is 13.2 Å². The lowest BCUT2D eigenvalue weighted by Gasteiger charge is -2.12. The zero-order chi connectivity index (χ0) is 18.1. The second-order valence-corrected chi connectivity index (χ2v) is 5.60. The molecule has 1 aliphatic heterocycles. The van der Waals surface area contributed by atoms with Gasteiger partial charge < -0.3 is 9.47 Å². The Bertz CT molecular complexity index is 949. The molecular formula is C18H12F3N3O2. The van der Waals surface area contributed by atoms with Crippen molar-refractivity contribution in [3.63, 3.8) is 0 Å². The van der Waals surface area contributed by atoms with E-state index in [1.54, 1.807) is 0 Å². The zero-order valence-corrected chi connectivity index (χ0v) is 13.3. The van der Waals surface area contributed by atoms with Gasteiger partial charge in [-0.2, -0.15) is 0 Å². The summed E-state index contributed by atoms with van der Waals surface area (Å²) in [5.41, 5.74) is 1.32. The highest BCUT2D eigenvalue weighted by atomic mass is 19.3. The number of hydrogen-bond acceptors (Lipinski definition) is 5. The van der Waals surface area contributed by atoms with E-state index in [0.717, 1.165) is 5.56 Å². The smallest absolute Gasteiger partial charge is 0.280 e. The van der Waals surface area contributed by atoms with Gasteiger partial charge in [-0.3, -0.25) is 4.98 Å². The predicted molar refractivity (Wildman–Crippen MR) is 85.9 cm³/mol. The first-order chi connectivity index (χ1) is 12.6. The van der Waals surface area contributed by atoms with Crippen molar-refractivity contribution < 1.29 is 22.6 Å². The summed E-state index contributed by atoms with van der Waals surface area (Å²) in [5, 5.41) is 0. The maximum absolute atomic E-state index is 14.0. The Morgan fingerprint density at radius 3 is 2.73 bits per heavy atom. The number of halogens is 3. The molecule has 0 amide bonds. The van der Waals surface area contributed by atoms with Crippen molar-refractivity contribution in [2.24, 2.45) is 0 Å². The summed E-state index contributed by atoms with van der Waals surface area (Å²) >= 11 is 0. The average Bonchev–Trinajstić information content (AvgIpc) is 3.10. The topological polar surface area (TPSA) is 57.1 Å². The van der Waals surface area contributed by atoms with Crippen molar-refractivity contribution in [1.29, 1.82) is 0 Å². The largest absolute Gasteiger partial charge is 0.492 e. The van der Waals surface area contributed by atoms with Crippen LogP contribution in [0.25, 0.3) is 11.1 Å². The van der Waals surface area contributed by atoms with Gasteiger partial charge in [0, 0.05) is 23.7 Å². The van der Waals surface area contributed by atoms with E-state index >= 15 is 0 Å². The van der Waals surface area contributed by atoms with Crippen molar-refractivity contribution >= 4 is 0 Å². The second-order valence-electron chi connectivity index (χ2n) is 5.60. The van der Waals surface area contributed by atoms with Crippen LogP contribution in [0.15, 0.2) is 43.0 Å². The second kappa shape index (κ2) is 6.62. The minimum absolute atomic E-state index is 0.148. The highest BCUT2D eigenvalue weighted by Gasteiger charge is 2.22. The van der Waals surface area contributed by atoms with Crippen LogP contribution in [0.5, 0.6) is 17.4 Å². The van der Waals surface area contributed by atoms with Crippen LogP contribution in [0, 0.1) is 5.82 Å². The van der Waals surface area contributed by atoms with Gasteiger partial charge in [0.05, 0.1) is 18.4 Å². The normalized spacial score (nSPS) is 12.8. The molecule has 0 fully saturated rings. The van der Waals surface area contributed by atoms with Crippen LogP contribution >= 0.6 is 0 Å². The Kier molecular flexibility index (Phi) is 4.16. The molecule has 26 heavy (non-hydrogen) atoms. The molecule has 3 heterocycles. The number of hydrogen-bond donors (Lipinski definition) is 0. The molecule has 1 aliphatic rings. The summed E-state index contributed by atoms with van der Waals surface area (Å²) in [6.45, 7) is 0.467. The monoisotopic (exact) mass is 359 g/mol. The van der Waals surface area contributed by atoms with E-state index in [9.17, 15) is 13.2 Å². The van der Waals surface area contributed by atoms with Crippen LogP contribution < -0.4 is 9.47 Å². The molecule has 132 valence electrons. The standard InChI is InChI=1S/C18H12F3N3O2/c19-11-5-10-3-4-25-16(10)13(6-11)14-8-22-9-24-18(14)26-12-1-2-15(17(20)21)23-7-12/h1-2,5-9,17H,3-4H2. The summed E-state index contributed by atoms with van der Waals surface area (Å²) in [4.78, 5) is 11.7. The molecule has 0 unspecified atom stereocenters.